The van der Waals surface area contributed by atoms with E-state index in [2.05, 4.69) is 10.3 Å². The van der Waals surface area contributed by atoms with Gasteiger partial charge >= 0.3 is 0 Å². The van der Waals surface area contributed by atoms with E-state index in [1.54, 1.807) is 24.4 Å². The molecule has 0 aliphatic rings. The first-order valence-electron chi connectivity index (χ1n) is 8.61. The van der Waals surface area contributed by atoms with E-state index in [0.29, 0.717) is 12.2 Å². The van der Waals surface area contributed by atoms with Crippen molar-refractivity contribution < 1.29 is 9.59 Å². The van der Waals surface area contributed by atoms with Crippen molar-refractivity contribution >= 4 is 23.2 Å². The lowest BCUT2D eigenvalue weighted by atomic mass is 9.90. The van der Waals surface area contributed by atoms with Gasteiger partial charge in [0.15, 0.2) is 0 Å². The molecule has 0 unspecified atom stereocenters. The summed E-state index contributed by atoms with van der Waals surface area (Å²) >= 11 is 1.38. The molecule has 5 nitrogen and oxygen atoms in total. The van der Waals surface area contributed by atoms with Crippen molar-refractivity contribution in [3.63, 3.8) is 0 Å². The van der Waals surface area contributed by atoms with Crippen LogP contribution in [-0.4, -0.2) is 35.8 Å². The molecular weight excluding hydrogens is 358 g/mol. The van der Waals surface area contributed by atoms with Crippen LogP contribution in [0.4, 0.5) is 0 Å². The second-order valence-electron chi connectivity index (χ2n) is 6.15. The minimum Gasteiger partial charge on any atom is -0.354 e. The maximum atomic E-state index is 13.3. The maximum Gasteiger partial charge on any atom is 0.270 e. The van der Waals surface area contributed by atoms with Gasteiger partial charge in [0.25, 0.3) is 5.91 Å². The molecule has 0 radical (unpaired) electrons. The van der Waals surface area contributed by atoms with E-state index in [1.807, 2.05) is 60.7 Å². The van der Waals surface area contributed by atoms with Crippen LogP contribution in [0.25, 0.3) is 0 Å². The van der Waals surface area contributed by atoms with Crippen LogP contribution >= 0.6 is 11.3 Å². The number of rotatable bonds is 6. The molecule has 1 aromatic heterocycles. The number of carbonyl (C=O) groups is 2. The molecule has 0 aliphatic heterocycles. The number of likely N-dealkylation sites (N-methyl/N-ethyl adjacent to an activating group) is 1. The lowest BCUT2D eigenvalue weighted by Gasteiger charge is -2.24. The van der Waals surface area contributed by atoms with Gasteiger partial charge in [0.05, 0.1) is 12.5 Å². The fourth-order valence-electron chi connectivity index (χ4n) is 2.89. The van der Waals surface area contributed by atoms with Crippen LogP contribution in [0.3, 0.4) is 0 Å². The first-order valence-corrected chi connectivity index (χ1v) is 9.49. The second-order valence-corrected chi connectivity index (χ2v) is 7.10. The predicted molar refractivity (Wildman–Crippen MR) is 107 cm³/mol. The van der Waals surface area contributed by atoms with Crippen LogP contribution in [0, 0.1) is 0 Å². The molecule has 0 saturated heterocycles. The molecule has 27 heavy (non-hydrogen) atoms. The van der Waals surface area contributed by atoms with Gasteiger partial charge in [-0.15, -0.1) is 11.3 Å². The molecule has 2 amide bonds. The highest BCUT2D eigenvalue weighted by Crippen LogP contribution is 2.27. The standard InChI is InChI=1S/C21H21N3O2S/c1-22-20(25)17-14-27-18(23-17)13-24(2)21(26)19(15-9-5-3-6-10-15)16-11-7-4-8-12-16/h3-12,14,19H,13H2,1-2H3,(H,22,25). The first kappa shape index (κ1) is 18.8. The Hall–Kier alpha value is -2.99. The van der Waals surface area contributed by atoms with Crippen molar-refractivity contribution in [1.82, 2.24) is 15.2 Å². The Morgan fingerprint density at radius 1 is 1.04 bits per heavy atom. The average molecular weight is 379 g/mol. The Kier molecular flexibility index (Phi) is 5.98. The van der Waals surface area contributed by atoms with Crippen LogP contribution < -0.4 is 5.32 Å². The summed E-state index contributed by atoms with van der Waals surface area (Å²) in [5.74, 6) is -0.613. The fraction of sp³-hybridized carbons (Fsp3) is 0.190. The molecule has 0 saturated carbocycles. The zero-order valence-corrected chi connectivity index (χ0v) is 16.1. The van der Waals surface area contributed by atoms with E-state index < -0.39 is 0 Å². The molecule has 2 aromatic carbocycles. The molecule has 0 fully saturated rings. The molecule has 0 bridgehead atoms. The molecule has 138 valence electrons. The molecule has 3 aromatic rings. The summed E-state index contributed by atoms with van der Waals surface area (Å²) in [6, 6.07) is 19.5. The minimum atomic E-state index is -0.379. The van der Waals surface area contributed by atoms with Gasteiger partial charge in [0, 0.05) is 19.5 Å². The number of hydrogen-bond donors (Lipinski definition) is 1. The largest absolute Gasteiger partial charge is 0.354 e. The SMILES string of the molecule is CNC(=O)c1csc(CN(C)C(=O)C(c2ccccc2)c2ccccc2)n1. The highest BCUT2D eigenvalue weighted by Gasteiger charge is 2.26. The molecule has 6 heteroatoms. The smallest absolute Gasteiger partial charge is 0.270 e. The summed E-state index contributed by atoms with van der Waals surface area (Å²) in [5, 5.41) is 4.99. The summed E-state index contributed by atoms with van der Waals surface area (Å²) in [7, 11) is 3.34. The van der Waals surface area contributed by atoms with Gasteiger partial charge in [0.1, 0.15) is 10.7 Å². The lowest BCUT2D eigenvalue weighted by molar-refractivity contribution is -0.131. The van der Waals surface area contributed by atoms with Crippen LogP contribution in [0.1, 0.15) is 32.5 Å². The molecule has 1 N–H and O–H groups in total. The number of thiazole rings is 1. The van der Waals surface area contributed by atoms with Crippen molar-refractivity contribution in [3.05, 3.63) is 87.9 Å². The minimum absolute atomic E-state index is 0.0101. The molecule has 0 spiro atoms. The molecule has 3 rings (SSSR count). The third-order valence-corrected chi connectivity index (χ3v) is 5.11. The third kappa shape index (κ3) is 4.41. The number of hydrogen-bond acceptors (Lipinski definition) is 4. The van der Waals surface area contributed by atoms with E-state index in [4.69, 9.17) is 0 Å². The quantitative estimate of drug-likeness (QED) is 0.715. The fourth-order valence-corrected chi connectivity index (χ4v) is 3.71. The van der Waals surface area contributed by atoms with Crippen molar-refractivity contribution in [2.75, 3.05) is 14.1 Å². The Morgan fingerprint density at radius 3 is 2.11 bits per heavy atom. The van der Waals surface area contributed by atoms with E-state index in [-0.39, 0.29) is 17.7 Å². The van der Waals surface area contributed by atoms with Crippen molar-refractivity contribution in [1.29, 1.82) is 0 Å². The number of nitrogens with one attached hydrogen (secondary N) is 1. The van der Waals surface area contributed by atoms with Gasteiger partial charge in [-0.05, 0) is 11.1 Å². The number of aromatic nitrogens is 1. The molecule has 1 heterocycles. The normalized spacial score (nSPS) is 10.6. The topological polar surface area (TPSA) is 62.3 Å². The second kappa shape index (κ2) is 8.60. The summed E-state index contributed by atoms with van der Waals surface area (Å²) < 4.78 is 0. The first-order chi connectivity index (χ1) is 13.1. The average Bonchev–Trinajstić information content (AvgIpc) is 3.17. The highest BCUT2D eigenvalue weighted by molar-refractivity contribution is 7.09. The third-order valence-electron chi connectivity index (χ3n) is 4.27. The Labute approximate surface area is 162 Å². The van der Waals surface area contributed by atoms with E-state index >= 15 is 0 Å². The van der Waals surface area contributed by atoms with Gasteiger partial charge < -0.3 is 10.2 Å². The van der Waals surface area contributed by atoms with Gasteiger partial charge in [-0.2, -0.15) is 0 Å². The summed E-state index contributed by atoms with van der Waals surface area (Å²) in [5.41, 5.74) is 2.28. The van der Waals surface area contributed by atoms with Crippen LogP contribution in [-0.2, 0) is 11.3 Å². The Morgan fingerprint density at radius 2 is 1.59 bits per heavy atom. The van der Waals surface area contributed by atoms with Crippen molar-refractivity contribution in [2.45, 2.75) is 12.5 Å². The predicted octanol–water partition coefficient (Wildman–Crippen LogP) is 3.29. The van der Waals surface area contributed by atoms with Gasteiger partial charge in [-0.3, -0.25) is 9.59 Å². The van der Waals surface area contributed by atoms with Crippen LogP contribution in [0.15, 0.2) is 66.0 Å². The van der Waals surface area contributed by atoms with Crippen molar-refractivity contribution in [3.8, 4) is 0 Å². The zero-order valence-electron chi connectivity index (χ0n) is 15.3. The lowest BCUT2D eigenvalue weighted by Crippen LogP contribution is -2.32. The molecular formula is C21H21N3O2S. The Bertz CT molecular complexity index is 870. The van der Waals surface area contributed by atoms with E-state index in [9.17, 15) is 9.59 Å². The maximum absolute atomic E-state index is 13.3. The Balaban J connectivity index is 1.83. The van der Waals surface area contributed by atoms with Crippen molar-refractivity contribution in [2.24, 2.45) is 0 Å². The molecule has 0 aliphatic carbocycles. The number of benzene rings is 2. The van der Waals surface area contributed by atoms with Crippen LogP contribution in [0.5, 0.6) is 0 Å². The summed E-state index contributed by atoms with van der Waals surface area (Å²) in [6.45, 7) is 0.358. The zero-order chi connectivity index (χ0) is 19.2. The summed E-state index contributed by atoms with van der Waals surface area (Å²) in [4.78, 5) is 30.9. The molecule has 0 atom stereocenters. The van der Waals surface area contributed by atoms with Gasteiger partial charge in [0.2, 0.25) is 5.91 Å². The monoisotopic (exact) mass is 379 g/mol. The van der Waals surface area contributed by atoms with Gasteiger partial charge in [-0.25, -0.2) is 4.98 Å². The number of amides is 2. The van der Waals surface area contributed by atoms with Gasteiger partial charge in [-0.1, -0.05) is 60.7 Å². The number of carbonyl (C=O) groups excluding carboxylic acids is 2. The van der Waals surface area contributed by atoms with E-state index in [1.165, 1.54) is 11.3 Å². The highest BCUT2D eigenvalue weighted by atomic mass is 32.1. The van der Waals surface area contributed by atoms with Crippen LogP contribution in [0.2, 0.25) is 0 Å². The number of nitrogens with zero attached hydrogens (tertiary/aromatic N) is 2. The van der Waals surface area contributed by atoms with E-state index in [0.717, 1.165) is 16.1 Å². The summed E-state index contributed by atoms with van der Waals surface area (Å²) in [6.07, 6.45) is 0.